The van der Waals surface area contributed by atoms with Gasteiger partial charge in [0.25, 0.3) is 0 Å². The molecule has 0 radical (unpaired) electrons. The zero-order chi connectivity index (χ0) is 12.5. The first kappa shape index (κ1) is 11.7. The predicted octanol–water partition coefficient (Wildman–Crippen LogP) is 1.19. The standard InChI is InChI=1S/C12H15ClN4O/c13-10-7-14-8-11(15-10)16-3-5-17(6-4-16)12(18)9-1-2-9/h7-9H,1-6H2. The van der Waals surface area contributed by atoms with Crippen LogP contribution in [0.3, 0.4) is 0 Å². The van der Waals surface area contributed by atoms with Gasteiger partial charge in [0.15, 0.2) is 0 Å². The maximum absolute atomic E-state index is 11.9. The number of anilines is 1. The van der Waals surface area contributed by atoms with Gasteiger partial charge in [-0.3, -0.25) is 9.78 Å². The van der Waals surface area contributed by atoms with Crippen LogP contribution < -0.4 is 4.90 Å². The van der Waals surface area contributed by atoms with Gasteiger partial charge in [-0.2, -0.15) is 0 Å². The third-order valence-corrected chi connectivity index (χ3v) is 3.62. The molecule has 0 atom stereocenters. The van der Waals surface area contributed by atoms with E-state index in [0.29, 0.717) is 17.0 Å². The second-order valence-corrected chi connectivity index (χ2v) is 5.17. The van der Waals surface area contributed by atoms with E-state index in [9.17, 15) is 4.79 Å². The number of rotatable bonds is 2. The Morgan fingerprint density at radius 3 is 2.56 bits per heavy atom. The molecule has 1 aliphatic heterocycles. The number of nitrogens with zero attached hydrogens (tertiary/aromatic N) is 4. The van der Waals surface area contributed by atoms with Crippen molar-refractivity contribution in [2.24, 2.45) is 5.92 Å². The summed E-state index contributed by atoms with van der Waals surface area (Å²) in [5, 5.41) is 0.406. The van der Waals surface area contributed by atoms with E-state index in [-0.39, 0.29) is 0 Å². The van der Waals surface area contributed by atoms with Gasteiger partial charge < -0.3 is 9.80 Å². The lowest BCUT2D eigenvalue weighted by molar-refractivity contribution is -0.132. The summed E-state index contributed by atoms with van der Waals surface area (Å²) in [6.45, 7) is 3.13. The van der Waals surface area contributed by atoms with E-state index >= 15 is 0 Å². The molecule has 1 amide bonds. The number of piperazine rings is 1. The molecule has 1 aromatic rings. The molecule has 0 bridgehead atoms. The molecule has 18 heavy (non-hydrogen) atoms. The Labute approximate surface area is 111 Å². The Bertz CT molecular complexity index is 455. The number of hydrogen-bond donors (Lipinski definition) is 0. The monoisotopic (exact) mass is 266 g/mol. The molecule has 0 unspecified atom stereocenters. The summed E-state index contributed by atoms with van der Waals surface area (Å²) in [6, 6.07) is 0. The van der Waals surface area contributed by atoms with E-state index in [0.717, 1.165) is 44.8 Å². The van der Waals surface area contributed by atoms with E-state index in [2.05, 4.69) is 14.9 Å². The second-order valence-electron chi connectivity index (χ2n) is 4.79. The lowest BCUT2D eigenvalue weighted by atomic mass is 10.2. The zero-order valence-corrected chi connectivity index (χ0v) is 10.8. The largest absolute Gasteiger partial charge is 0.352 e. The van der Waals surface area contributed by atoms with Gasteiger partial charge in [0.2, 0.25) is 5.91 Å². The third-order valence-electron chi connectivity index (χ3n) is 3.43. The molecule has 2 aliphatic rings. The van der Waals surface area contributed by atoms with E-state index in [1.165, 1.54) is 6.20 Å². The minimum absolute atomic E-state index is 0.308. The van der Waals surface area contributed by atoms with Gasteiger partial charge in [-0.25, -0.2) is 4.98 Å². The van der Waals surface area contributed by atoms with E-state index in [1.807, 2.05) is 4.90 Å². The van der Waals surface area contributed by atoms with Crippen LogP contribution in [0, 0.1) is 5.92 Å². The molecule has 0 N–H and O–H groups in total. The van der Waals surface area contributed by atoms with Gasteiger partial charge in [0, 0.05) is 32.1 Å². The van der Waals surface area contributed by atoms with Crippen molar-refractivity contribution in [3.8, 4) is 0 Å². The first-order chi connectivity index (χ1) is 8.74. The predicted molar refractivity (Wildman–Crippen MR) is 68.6 cm³/mol. The van der Waals surface area contributed by atoms with Crippen molar-refractivity contribution in [2.45, 2.75) is 12.8 Å². The Hall–Kier alpha value is -1.36. The van der Waals surface area contributed by atoms with Crippen molar-refractivity contribution < 1.29 is 4.79 Å². The molecule has 5 nitrogen and oxygen atoms in total. The van der Waals surface area contributed by atoms with Crippen molar-refractivity contribution in [2.75, 3.05) is 31.1 Å². The van der Waals surface area contributed by atoms with Crippen LogP contribution >= 0.6 is 11.6 Å². The average Bonchev–Trinajstić information content (AvgIpc) is 3.22. The van der Waals surface area contributed by atoms with Gasteiger partial charge in [-0.1, -0.05) is 11.6 Å². The van der Waals surface area contributed by atoms with Crippen LogP contribution in [0.2, 0.25) is 5.15 Å². The molecule has 2 fully saturated rings. The topological polar surface area (TPSA) is 49.3 Å². The maximum Gasteiger partial charge on any atom is 0.225 e. The van der Waals surface area contributed by atoms with Crippen molar-refractivity contribution in [3.63, 3.8) is 0 Å². The normalized spacial score (nSPS) is 20.1. The fraction of sp³-hybridized carbons (Fsp3) is 0.583. The Morgan fingerprint density at radius 1 is 1.22 bits per heavy atom. The van der Waals surface area contributed by atoms with Crippen LogP contribution in [0.25, 0.3) is 0 Å². The summed E-state index contributed by atoms with van der Waals surface area (Å²) < 4.78 is 0. The Kier molecular flexibility index (Phi) is 3.07. The molecule has 3 rings (SSSR count). The molecular weight excluding hydrogens is 252 g/mol. The summed E-state index contributed by atoms with van der Waals surface area (Å²) in [5.74, 6) is 1.43. The second kappa shape index (κ2) is 4.72. The number of carbonyl (C=O) groups excluding carboxylic acids is 1. The molecule has 96 valence electrons. The summed E-state index contributed by atoms with van der Waals surface area (Å²) in [5.41, 5.74) is 0. The number of halogens is 1. The van der Waals surface area contributed by atoms with Gasteiger partial charge in [-0.05, 0) is 12.8 Å². The quantitative estimate of drug-likeness (QED) is 0.807. The average molecular weight is 267 g/mol. The minimum Gasteiger partial charge on any atom is -0.352 e. The lowest BCUT2D eigenvalue weighted by Crippen LogP contribution is -2.49. The van der Waals surface area contributed by atoms with Gasteiger partial charge in [0.05, 0.1) is 12.4 Å². The Morgan fingerprint density at radius 2 is 1.94 bits per heavy atom. The molecule has 6 heteroatoms. The summed E-state index contributed by atoms with van der Waals surface area (Å²) >= 11 is 5.83. The molecule has 2 heterocycles. The highest BCUT2D eigenvalue weighted by Gasteiger charge is 2.34. The van der Waals surface area contributed by atoms with Crippen LogP contribution in [0.5, 0.6) is 0 Å². The third kappa shape index (κ3) is 2.41. The van der Waals surface area contributed by atoms with Crippen molar-refractivity contribution in [3.05, 3.63) is 17.5 Å². The SMILES string of the molecule is O=C(C1CC1)N1CCN(c2cncc(Cl)n2)CC1. The van der Waals surface area contributed by atoms with Crippen LogP contribution in [-0.4, -0.2) is 47.0 Å². The molecule has 1 saturated heterocycles. The molecule has 1 aliphatic carbocycles. The highest BCUT2D eigenvalue weighted by molar-refractivity contribution is 6.29. The molecule has 0 spiro atoms. The van der Waals surface area contributed by atoms with E-state index in [4.69, 9.17) is 11.6 Å². The van der Waals surface area contributed by atoms with Gasteiger partial charge in [-0.15, -0.1) is 0 Å². The zero-order valence-electron chi connectivity index (χ0n) is 10.0. The van der Waals surface area contributed by atoms with Crippen LogP contribution in [-0.2, 0) is 4.79 Å². The number of aromatic nitrogens is 2. The smallest absolute Gasteiger partial charge is 0.225 e. The molecular formula is C12H15ClN4O. The van der Waals surface area contributed by atoms with Crippen LogP contribution in [0.1, 0.15) is 12.8 Å². The van der Waals surface area contributed by atoms with E-state index < -0.39 is 0 Å². The lowest BCUT2D eigenvalue weighted by Gasteiger charge is -2.35. The maximum atomic E-state index is 11.9. The highest BCUT2D eigenvalue weighted by Crippen LogP contribution is 2.31. The highest BCUT2D eigenvalue weighted by atomic mass is 35.5. The van der Waals surface area contributed by atoms with Crippen molar-refractivity contribution in [1.29, 1.82) is 0 Å². The van der Waals surface area contributed by atoms with Crippen LogP contribution in [0.15, 0.2) is 12.4 Å². The summed E-state index contributed by atoms with van der Waals surface area (Å²) in [7, 11) is 0. The molecule has 0 aromatic carbocycles. The Balaban J connectivity index is 1.61. The summed E-state index contributed by atoms with van der Waals surface area (Å²) in [6.07, 6.45) is 5.37. The number of amides is 1. The van der Waals surface area contributed by atoms with E-state index in [1.54, 1.807) is 6.20 Å². The number of hydrogen-bond acceptors (Lipinski definition) is 4. The molecule has 1 aromatic heterocycles. The van der Waals surface area contributed by atoms with Gasteiger partial charge in [0.1, 0.15) is 11.0 Å². The van der Waals surface area contributed by atoms with Crippen molar-refractivity contribution >= 4 is 23.3 Å². The van der Waals surface area contributed by atoms with Gasteiger partial charge >= 0.3 is 0 Å². The minimum atomic E-state index is 0.308. The first-order valence-corrected chi connectivity index (χ1v) is 6.63. The van der Waals surface area contributed by atoms with Crippen molar-refractivity contribution in [1.82, 2.24) is 14.9 Å². The fourth-order valence-electron chi connectivity index (χ4n) is 2.23. The first-order valence-electron chi connectivity index (χ1n) is 6.25. The summed E-state index contributed by atoms with van der Waals surface area (Å²) in [4.78, 5) is 24.3. The van der Waals surface area contributed by atoms with Crippen LogP contribution in [0.4, 0.5) is 5.82 Å². The molecule has 1 saturated carbocycles. The number of carbonyl (C=O) groups is 1. The fourth-order valence-corrected chi connectivity index (χ4v) is 2.37.